The van der Waals surface area contributed by atoms with E-state index in [1.807, 2.05) is 0 Å². The summed E-state index contributed by atoms with van der Waals surface area (Å²) in [5.74, 6) is -0.792. The van der Waals surface area contributed by atoms with Crippen LogP contribution in [-0.2, 0) is 0 Å². The van der Waals surface area contributed by atoms with Crippen molar-refractivity contribution in [2.24, 2.45) is 0 Å². The van der Waals surface area contributed by atoms with E-state index in [4.69, 9.17) is 0 Å². The van der Waals surface area contributed by atoms with Crippen LogP contribution in [0.5, 0.6) is 5.75 Å². The summed E-state index contributed by atoms with van der Waals surface area (Å²) in [4.78, 5) is 15.9. The number of rotatable bonds is 3. The number of carbonyl (C=O) groups is 1. The molecule has 2 rings (SSSR count). The van der Waals surface area contributed by atoms with E-state index in [0.29, 0.717) is 0 Å². The fraction of sp³-hybridized carbons (Fsp3) is 0.0769. The first-order chi connectivity index (χ1) is 9.37. The maximum atomic E-state index is 12.1. The van der Waals surface area contributed by atoms with E-state index < -0.39 is 12.1 Å². The maximum Gasteiger partial charge on any atom is 0.573 e. The third-order valence-corrected chi connectivity index (χ3v) is 2.94. The molecule has 0 saturated carbocycles. The SMILES string of the molecule is O=C(c1ccc(OC(F)(F)F)c(Br)c1)c1ccccn1. The largest absolute Gasteiger partial charge is 0.573 e. The van der Waals surface area contributed by atoms with Crippen LogP contribution < -0.4 is 4.74 Å². The average molecular weight is 346 g/mol. The average Bonchev–Trinajstić information content (AvgIpc) is 2.40. The van der Waals surface area contributed by atoms with Crippen molar-refractivity contribution in [3.8, 4) is 5.75 Å². The van der Waals surface area contributed by atoms with Crippen LogP contribution in [0.15, 0.2) is 47.1 Å². The molecular formula is C13H7BrF3NO2. The molecular weight excluding hydrogens is 339 g/mol. The summed E-state index contributed by atoms with van der Waals surface area (Å²) in [5, 5.41) is 0. The molecule has 1 aromatic heterocycles. The molecule has 0 saturated heterocycles. The molecule has 0 N–H and O–H groups in total. The molecule has 0 spiro atoms. The molecule has 0 aliphatic heterocycles. The number of aromatic nitrogens is 1. The molecule has 0 bridgehead atoms. The van der Waals surface area contributed by atoms with Gasteiger partial charge in [-0.3, -0.25) is 9.78 Å². The zero-order valence-corrected chi connectivity index (χ0v) is 11.4. The third-order valence-electron chi connectivity index (χ3n) is 2.32. The summed E-state index contributed by atoms with van der Waals surface area (Å²) in [6.07, 6.45) is -3.32. The van der Waals surface area contributed by atoms with Gasteiger partial charge in [-0.25, -0.2) is 0 Å². The first-order valence-corrected chi connectivity index (χ1v) is 6.17. The zero-order chi connectivity index (χ0) is 14.8. The maximum absolute atomic E-state index is 12.1. The van der Waals surface area contributed by atoms with Gasteiger partial charge < -0.3 is 4.74 Å². The van der Waals surface area contributed by atoms with Crippen molar-refractivity contribution in [2.45, 2.75) is 6.36 Å². The van der Waals surface area contributed by atoms with E-state index in [0.717, 1.165) is 6.07 Å². The summed E-state index contributed by atoms with van der Waals surface area (Å²) in [6, 6.07) is 8.43. The van der Waals surface area contributed by atoms with Crippen molar-refractivity contribution >= 4 is 21.7 Å². The molecule has 1 heterocycles. The summed E-state index contributed by atoms with van der Waals surface area (Å²) < 4.78 is 40.2. The van der Waals surface area contributed by atoms with Gasteiger partial charge in [0.25, 0.3) is 0 Å². The number of carbonyl (C=O) groups excluding carboxylic acids is 1. The number of nitrogens with zero attached hydrogens (tertiary/aromatic N) is 1. The summed E-state index contributed by atoms with van der Waals surface area (Å²) in [6.45, 7) is 0. The van der Waals surface area contributed by atoms with Crippen LogP contribution in [-0.4, -0.2) is 17.1 Å². The summed E-state index contributed by atoms with van der Waals surface area (Å²) in [7, 11) is 0. The Hall–Kier alpha value is -1.89. The Kier molecular flexibility index (Phi) is 4.08. The monoisotopic (exact) mass is 345 g/mol. The molecule has 7 heteroatoms. The van der Waals surface area contributed by atoms with Gasteiger partial charge in [0.2, 0.25) is 5.78 Å². The van der Waals surface area contributed by atoms with E-state index in [2.05, 4.69) is 25.7 Å². The highest BCUT2D eigenvalue weighted by atomic mass is 79.9. The van der Waals surface area contributed by atoms with Crippen LogP contribution in [0.25, 0.3) is 0 Å². The van der Waals surface area contributed by atoms with Crippen molar-refractivity contribution in [2.75, 3.05) is 0 Å². The van der Waals surface area contributed by atoms with Crippen molar-refractivity contribution < 1.29 is 22.7 Å². The highest BCUT2D eigenvalue weighted by Gasteiger charge is 2.32. The molecule has 0 aliphatic carbocycles. The normalized spacial score (nSPS) is 11.2. The van der Waals surface area contributed by atoms with Gasteiger partial charge in [-0.05, 0) is 46.3 Å². The number of alkyl halides is 3. The number of hydrogen-bond acceptors (Lipinski definition) is 3. The fourth-order valence-electron chi connectivity index (χ4n) is 1.49. The molecule has 2 aromatic rings. The predicted octanol–water partition coefficient (Wildman–Crippen LogP) is 3.97. The second-order valence-electron chi connectivity index (χ2n) is 3.74. The molecule has 20 heavy (non-hydrogen) atoms. The Bertz CT molecular complexity index is 629. The lowest BCUT2D eigenvalue weighted by atomic mass is 10.1. The molecule has 1 aromatic carbocycles. The minimum absolute atomic E-state index is 0.0385. The highest BCUT2D eigenvalue weighted by molar-refractivity contribution is 9.10. The topological polar surface area (TPSA) is 39.2 Å². The van der Waals surface area contributed by atoms with Crippen molar-refractivity contribution in [1.82, 2.24) is 4.98 Å². The number of benzene rings is 1. The van der Waals surface area contributed by atoms with E-state index in [9.17, 15) is 18.0 Å². The van der Waals surface area contributed by atoms with Crippen molar-refractivity contribution in [1.29, 1.82) is 0 Å². The lowest BCUT2D eigenvalue weighted by Crippen LogP contribution is -2.17. The predicted molar refractivity (Wildman–Crippen MR) is 68.5 cm³/mol. The van der Waals surface area contributed by atoms with E-state index in [1.165, 1.54) is 24.4 Å². The highest BCUT2D eigenvalue weighted by Crippen LogP contribution is 2.31. The first-order valence-electron chi connectivity index (χ1n) is 5.38. The Labute approximate surface area is 120 Å². The Morgan fingerprint density at radius 1 is 1.20 bits per heavy atom. The second-order valence-corrected chi connectivity index (χ2v) is 4.59. The number of pyridine rings is 1. The van der Waals surface area contributed by atoms with Gasteiger partial charge in [0.05, 0.1) is 4.47 Å². The van der Waals surface area contributed by atoms with Gasteiger partial charge in [-0.15, -0.1) is 13.2 Å². The molecule has 0 unspecified atom stereocenters. The van der Waals surface area contributed by atoms with Crippen molar-refractivity contribution in [3.05, 3.63) is 58.3 Å². The van der Waals surface area contributed by atoms with Gasteiger partial charge in [-0.2, -0.15) is 0 Å². The van der Waals surface area contributed by atoms with E-state index in [-0.39, 0.29) is 21.5 Å². The number of ether oxygens (including phenoxy) is 1. The van der Waals surface area contributed by atoms with Gasteiger partial charge in [0.1, 0.15) is 11.4 Å². The lowest BCUT2D eigenvalue weighted by molar-refractivity contribution is -0.274. The van der Waals surface area contributed by atoms with Gasteiger partial charge in [0.15, 0.2) is 0 Å². The Morgan fingerprint density at radius 3 is 2.50 bits per heavy atom. The summed E-state index contributed by atoms with van der Waals surface area (Å²) in [5.41, 5.74) is 0.425. The smallest absolute Gasteiger partial charge is 0.405 e. The Balaban J connectivity index is 2.28. The van der Waals surface area contributed by atoms with Crippen LogP contribution in [0.1, 0.15) is 16.1 Å². The number of halogens is 4. The molecule has 0 amide bonds. The molecule has 0 fully saturated rings. The molecule has 3 nitrogen and oxygen atoms in total. The second kappa shape index (κ2) is 5.62. The minimum atomic E-state index is -4.78. The molecule has 0 radical (unpaired) electrons. The fourth-order valence-corrected chi connectivity index (χ4v) is 1.95. The van der Waals surface area contributed by atoms with Crippen LogP contribution in [0.3, 0.4) is 0 Å². The minimum Gasteiger partial charge on any atom is -0.405 e. The molecule has 104 valence electrons. The van der Waals surface area contributed by atoms with Gasteiger partial charge >= 0.3 is 6.36 Å². The standard InChI is InChI=1S/C13H7BrF3NO2/c14-9-7-8(4-5-11(9)20-13(15,16)17)12(19)10-3-1-2-6-18-10/h1-7H. The van der Waals surface area contributed by atoms with Crippen molar-refractivity contribution in [3.63, 3.8) is 0 Å². The molecule has 0 atom stereocenters. The van der Waals surface area contributed by atoms with E-state index in [1.54, 1.807) is 12.1 Å². The van der Waals surface area contributed by atoms with Crippen LogP contribution >= 0.6 is 15.9 Å². The van der Waals surface area contributed by atoms with Gasteiger partial charge in [0, 0.05) is 11.8 Å². The third kappa shape index (κ3) is 3.57. The molecule has 0 aliphatic rings. The Morgan fingerprint density at radius 2 is 1.95 bits per heavy atom. The van der Waals surface area contributed by atoms with Crippen LogP contribution in [0.2, 0.25) is 0 Å². The lowest BCUT2D eigenvalue weighted by Gasteiger charge is -2.11. The quantitative estimate of drug-likeness (QED) is 0.790. The number of ketones is 1. The van der Waals surface area contributed by atoms with Gasteiger partial charge in [-0.1, -0.05) is 6.07 Å². The van der Waals surface area contributed by atoms with Crippen LogP contribution in [0.4, 0.5) is 13.2 Å². The first kappa shape index (κ1) is 14.5. The summed E-state index contributed by atoms with van der Waals surface area (Å²) >= 11 is 2.94. The number of hydrogen-bond donors (Lipinski definition) is 0. The van der Waals surface area contributed by atoms with Crippen LogP contribution in [0, 0.1) is 0 Å². The zero-order valence-electron chi connectivity index (χ0n) is 9.82. The van der Waals surface area contributed by atoms with E-state index >= 15 is 0 Å².